The molecule has 0 aliphatic heterocycles. The minimum absolute atomic E-state index is 0.0695. The zero-order chi connectivity index (χ0) is 43.3. The molecule has 9 nitrogen and oxygen atoms in total. The van der Waals surface area contributed by atoms with Crippen molar-refractivity contribution in [2.24, 2.45) is 53.3 Å². The lowest BCUT2D eigenvalue weighted by Gasteiger charge is -2.40. The number of halogens is 9. The average molecular weight is 1040 g/mol. The maximum Gasteiger partial charge on any atom is 0.312 e. The van der Waals surface area contributed by atoms with Gasteiger partial charge in [-0.15, -0.1) is 0 Å². The van der Waals surface area contributed by atoms with Crippen LogP contribution in [0.3, 0.4) is 0 Å². The highest BCUT2D eigenvalue weighted by molar-refractivity contribution is 7.88. The summed E-state index contributed by atoms with van der Waals surface area (Å²) in [6.07, 6.45) is 2.26. The van der Waals surface area contributed by atoms with Gasteiger partial charge in [-0.2, -0.15) is 25.3 Å². The van der Waals surface area contributed by atoms with Crippen LogP contribution in [0.4, 0.5) is 0 Å². The zero-order valence-corrected chi connectivity index (χ0v) is 41.6. The summed E-state index contributed by atoms with van der Waals surface area (Å²) in [5.41, 5.74) is 0. The largest absolute Gasteiger partial charge is 0.378 e. The smallest absolute Gasteiger partial charge is 0.312 e. The van der Waals surface area contributed by atoms with E-state index in [1.54, 1.807) is 0 Å². The molecule has 3 saturated carbocycles. The van der Waals surface area contributed by atoms with Gasteiger partial charge in [-0.3, -0.25) is 0 Å². The highest BCUT2D eigenvalue weighted by atomic mass is 35.6. The van der Waals surface area contributed by atoms with E-state index >= 15 is 0 Å². The van der Waals surface area contributed by atoms with E-state index in [0.29, 0.717) is 38.5 Å². The topological polar surface area (TPSA) is 130 Å². The molecule has 0 radical (unpaired) electrons. The third-order valence-corrected chi connectivity index (χ3v) is 20.0. The Morgan fingerprint density at radius 1 is 0.474 bits per heavy atom. The summed E-state index contributed by atoms with van der Waals surface area (Å²) in [6.45, 7) is 11.2. The van der Waals surface area contributed by atoms with Gasteiger partial charge in [-0.25, -0.2) is 0 Å². The number of hydrogen-bond acceptors (Lipinski definition) is 9. The van der Waals surface area contributed by atoms with Crippen LogP contribution >= 0.6 is 104 Å². The van der Waals surface area contributed by atoms with E-state index in [0.717, 1.165) is 12.1 Å². The summed E-state index contributed by atoms with van der Waals surface area (Å²) in [7, 11) is -14.1. The molecule has 0 N–H and O–H groups in total. The van der Waals surface area contributed by atoms with Gasteiger partial charge in [0, 0.05) is 17.8 Å². The fourth-order valence-electron chi connectivity index (χ4n) is 8.89. The molecule has 1 aromatic rings. The van der Waals surface area contributed by atoms with Crippen LogP contribution in [-0.2, 0) is 30.4 Å². The van der Waals surface area contributed by atoms with Gasteiger partial charge in [0.25, 0.3) is 0 Å². The second kappa shape index (κ2) is 19.0. The number of alkyl halides is 9. The second-order valence-electron chi connectivity index (χ2n) is 16.8. The van der Waals surface area contributed by atoms with E-state index < -0.39 is 110 Å². The Hall–Kier alpha value is 1.08. The van der Waals surface area contributed by atoms with Gasteiger partial charge < -0.3 is 12.5 Å². The van der Waals surface area contributed by atoms with Gasteiger partial charge in [0.2, 0.25) is 5.75 Å². The third-order valence-electron chi connectivity index (χ3n) is 12.2. The van der Waals surface area contributed by atoms with Crippen molar-refractivity contribution < 1.29 is 37.8 Å². The second-order valence-corrected chi connectivity index (χ2v) is 29.2. The molecule has 57 heavy (non-hydrogen) atoms. The summed E-state index contributed by atoms with van der Waals surface area (Å²) < 4.78 is 98.5. The van der Waals surface area contributed by atoms with E-state index in [1.807, 2.05) is 41.5 Å². The third kappa shape index (κ3) is 12.6. The van der Waals surface area contributed by atoms with Crippen LogP contribution in [0.5, 0.6) is 17.2 Å². The van der Waals surface area contributed by atoms with Crippen LogP contribution < -0.4 is 12.5 Å². The Kier molecular flexibility index (Phi) is 16.9. The van der Waals surface area contributed by atoms with Crippen molar-refractivity contribution in [2.75, 3.05) is 0 Å². The summed E-state index contributed by atoms with van der Waals surface area (Å²) in [5.74, 6) is -5.72. The summed E-state index contributed by atoms with van der Waals surface area (Å²) >= 11 is 56.4. The van der Waals surface area contributed by atoms with Crippen molar-refractivity contribution in [1.29, 1.82) is 0 Å². The predicted molar refractivity (Wildman–Crippen MR) is 234 cm³/mol. The number of benzene rings is 1. The quantitative estimate of drug-likeness (QED) is 0.148. The van der Waals surface area contributed by atoms with Crippen molar-refractivity contribution in [2.45, 2.75) is 126 Å². The van der Waals surface area contributed by atoms with Gasteiger partial charge in [-0.1, -0.05) is 152 Å². The highest BCUT2D eigenvalue weighted by Crippen LogP contribution is 2.52. The SMILES string of the molecule is CC(C)C1CCC(C(Cl)(Cl)Cl)CC1S(=O)(=O)Oc1cccc(OS(=O)(=O)C2CC(C(Cl)(Cl)Cl)CCC2C(C)C)c1OS(=O)(=O)C1CC(C(Cl)(Cl)Cl)CCC1C(C)C. The average Bonchev–Trinajstić information content (AvgIpc) is 3.07. The fourth-order valence-corrected chi connectivity index (χ4v) is 16.2. The van der Waals surface area contributed by atoms with Gasteiger partial charge in [-0.05, 0) is 105 Å². The first kappa shape index (κ1) is 50.7. The first-order chi connectivity index (χ1) is 25.9. The molecule has 3 fully saturated rings. The van der Waals surface area contributed by atoms with Gasteiger partial charge in [0.15, 0.2) is 22.9 Å². The van der Waals surface area contributed by atoms with E-state index in [4.69, 9.17) is 117 Å². The molecule has 1 aromatic carbocycles. The molecular formula is C36H51Cl9O9S3. The van der Waals surface area contributed by atoms with Crippen LogP contribution in [0.15, 0.2) is 18.2 Å². The molecular weight excluding hydrogens is 992 g/mol. The van der Waals surface area contributed by atoms with Crippen molar-refractivity contribution in [3.63, 3.8) is 0 Å². The monoisotopic (exact) mass is 1040 g/mol. The van der Waals surface area contributed by atoms with Crippen LogP contribution in [0.2, 0.25) is 0 Å². The lowest BCUT2D eigenvalue weighted by molar-refractivity contribution is 0.219. The molecule has 0 aromatic heterocycles. The maximum atomic E-state index is 14.5. The summed E-state index contributed by atoms with van der Waals surface area (Å²) in [6, 6.07) is 3.58. The maximum absolute atomic E-state index is 14.5. The minimum atomic E-state index is -4.76. The lowest BCUT2D eigenvalue weighted by Crippen LogP contribution is -2.44. The highest BCUT2D eigenvalue weighted by Gasteiger charge is 2.51. The van der Waals surface area contributed by atoms with Crippen molar-refractivity contribution in [3.05, 3.63) is 18.2 Å². The molecule has 21 heteroatoms. The molecule has 0 saturated heterocycles. The van der Waals surface area contributed by atoms with Crippen molar-refractivity contribution >= 4 is 135 Å². The number of hydrogen-bond donors (Lipinski definition) is 0. The van der Waals surface area contributed by atoms with Crippen LogP contribution in [0, 0.1) is 53.3 Å². The first-order valence-corrected chi connectivity index (χ1v) is 26.8. The molecule has 0 spiro atoms. The predicted octanol–water partition coefficient (Wildman–Crippen LogP) is 12.2. The van der Waals surface area contributed by atoms with E-state index in [2.05, 4.69) is 0 Å². The standard InChI is InChI=1S/C36H51Cl9O9S3/c1-19(2)25-13-10-22(34(37,38)39)16-30(25)55(46,47)52-28-8-7-9-29(53-56(48,49)31-17-23(35(40,41)42)11-14-26(31)20(3)4)33(28)54-57(50,51)32-18-24(36(43,44)45)12-15-27(32)21(5)6/h7-9,19-27,30-32H,10-18H2,1-6H3. The fraction of sp³-hybridized carbons (Fsp3) is 0.833. The minimum Gasteiger partial charge on any atom is -0.378 e. The Labute approximate surface area is 384 Å². The molecule has 9 unspecified atom stereocenters. The molecule has 3 aliphatic rings. The molecule has 9 atom stereocenters. The molecule has 4 rings (SSSR count). The van der Waals surface area contributed by atoms with Gasteiger partial charge >= 0.3 is 30.4 Å². The lowest BCUT2D eigenvalue weighted by atomic mass is 9.77. The molecule has 0 heterocycles. The Morgan fingerprint density at radius 3 is 0.982 bits per heavy atom. The van der Waals surface area contributed by atoms with Crippen LogP contribution in [0.1, 0.15) is 99.3 Å². The van der Waals surface area contributed by atoms with Crippen LogP contribution in [-0.4, -0.2) is 52.4 Å². The molecule has 330 valence electrons. The zero-order valence-electron chi connectivity index (χ0n) is 32.3. The van der Waals surface area contributed by atoms with Crippen molar-refractivity contribution in [3.8, 4) is 17.2 Å². The van der Waals surface area contributed by atoms with Crippen LogP contribution in [0.25, 0.3) is 0 Å². The number of para-hydroxylation sites is 1. The molecule has 3 aliphatic carbocycles. The summed E-state index contributed by atoms with van der Waals surface area (Å²) in [4.78, 5) is 0. The van der Waals surface area contributed by atoms with E-state index in [9.17, 15) is 25.3 Å². The molecule has 0 bridgehead atoms. The Morgan fingerprint density at radius 2 is 0.737 bits per heavy atom. The normalized spacial score (nSPS) is 30.1. The first-order valence-electron chi connectivity index (χ1n) is 19.0. The van der Waals surface area contributed by atoms with E-state index in [-0.39, 0.29) is 37.0 Å². The van der Waals surface area contributed by atoms with Crippen molar-refractivity contribution in [1.82, 2.24) is 0 Å². The Balaban J connectivity index is 1.86. The molecule has 0 amide bonds. The number of rotatable bonds is 12. The van der Waals surface area contributed by atoms with Gasteiger partial charge in [0.1, 0.15) is 15.7 Å². The summed E-state index contributed by atoms with van der Waals surface area (Å²) in [5, 5.41) is -3.62. The Bertz CT molecular complexity index is 1780. The van der Waals surface area contributed by atoms with E-state index in [1.165, 1.54) is 6.07 Å². The van der Waals surface area contributed by atoms with Gasteiger partial charge in [0.05, 0.1) is 0 Å².